The number of carbonyl (C=O) groups is 1. The second kappa shape index (κ2) is 8.06. The Morgan fingerprint density at radius 3 is 2.86 bits per heavy atom. The molecule has 0 aliphatic carbocycles. The second-order valence-electron chi connectivity index (χ2n) is 4.51. The lowest BCUT2D eigenvalue weighted by Gasteiger charge is -2.07. The zero-order valence-corrected chi connectivity index (χ0v) is 13.5. The van der Waals surface area contributed by atoms with Crippen molar-refractivity contribution in [3.05, 3.63) is 58.9 Å². The van der Waals surface area contributed by atoms with Gasteiger partial charge in [-0.05, 0) is 29.8 Å². The minimum Gasteiger partial charge on any atom is -0.497 e. The Labute approximate surface area is 137 Å². The standard InChI is InChI=1S/C16H15ClFNO2S/c1-21-14-4-2-3-13(8-14)19-16(20)10-22-9-11-5-6-12(17)7-15(11)18/h2-8H,9-10H2,1H3,(H,19,20). The number of amides is 1. The van der Waals surface area contributed by atoms with E-state index in [1.807, 2.05) is 0 Å². The van der Waals surface area contributed by atoms with Crippen LogP contribution in [-0.4, -0.2) is 18.8 Å². The van der Waals surface area contributed by atoms with Crippen LogP contribution in [0.15, 0.2) is 42.5 Å². The first-order valence-corrected chi connectivity index (χ1v) is 8.07. The molecule has 0 spiro atoms. The number of anilines is 1. The van der Waals surface area contributed by atoms with Gasteiger partial charge in [0.25, 0.3) is 0 Å². The molecule has 0 unspecified atom stereocenters. The van der Waals surface area contributed by atoms with Gasteiger partial charge in [0.2, 0.25) is 5.91 Å². The van der Waals surface area contributed by atoms with Gasteiger partial charge in [-0.25, -0.2) is 4.39 Å². The van der Waals surface area contributed by atoms with Gasteiger partial charge in [-0.15, -0.1) is 11.8 Å². The Balaban J connectivity index is 1.82. The number of nitrogens with one attached hydrogen (secondary N) is 1. The van der Waals surface area contributed by atoms with Crippen LogP contribution in [0.4, 0.5) is 10.1 Å². The quantitative estimate of drug-likeness (QED) is 0.849. The van der Waals surface area contributed by atoms with Crippen molar-refractivity contribution < 1.29 is 13.9 Å². The summed E-state index contributed by atoms with van der Waals surface area (Å²) in [5, 5.41) is 3.13. The molecular formula is C16H15ClFNO2S. The van der Waals surface area contributed by atoms with Gasteiger partial charge < -0.3 is 10.1 Å². The molecule has 3 nitrogen and oxygen atoms in total. The molecule has 116 valence electrons. The number of hydrogen-bond acceptors (Lipinski definition) is 3. The average Bonchev–Trinajstić information content (AvgIpc) is 2.49. The molecule has 6 heteroatoms. The van der Waals surface area contributed by atoms with E-state index in [9.17, 15) is 9.18 Å². The van der Waals surface area contributed by atoms with Crippen molar-refractivity contribution in [2.45, 2.75) is 5.75 Å². The van der Waals surface area contributed by atoms with Gasteiger partial charge in [0, 0.05) is 22.5 Å². The average molecular weight is 340 g/mol. The predicted octanol–water partition coefficient (Wildman–Crippen LogP) is 4.36. The summed E-state index contributed by atoms with van der Waals surface area (Å²) in [7, 11) is 1.57. The van der Waals surface area contributed by atoms with Crippen molar-refractivity contribution >= 4 is 35.0 Å². The van der Waals surface area contributed by atoms with E-state index in [1.165, 1.54) is 17.8 Å². The Bertz CT molecular complexity index is 666. The highest BCUT2D eigenvalue weighted by Gasteiger charge is 2.07. The number of ether oxygens (including phenoxy) is 1. The van der Waals surface area contributed by atoms with Gasteiger partial charge >= 0.3 is 0 Å². The zero-order chi connectivity index (χ0) is 15.9. The second-order valence-corrected chi connectivity index (χ2v) is 5.93. The number of hydrogen-bond donors (Lipinski definition) is 1. The maximum Gasteiger partial charge on any atom is 0.234 e. The molecule has 0 aliphatic rings. The van der Waals surface area contributed by atoms with E-state index in [-0.39, 0.29) is 17.5 Å². The lowest BCUT2D eigenvalue weighted by Crippen LogP contribution is -2.14. The van der Waals surface area contributed by atoms with E-state index in [2.05, 4.69) is 5.32 Å². The summed E-state index contributed by atoms with van der Waals surface area (Å²) in [5.41, 5.74) is 1.20. The summed E-state index contributed by atoms with van der Waals surface area (Å²) in [6.45, 7) is 0. The zero-order valence-electron chi connectivity index (χ0n) is 11.9. The van der Waals surface area contributed by atoms with Crippen LogP contribution in [0.5, 0.6) is 5.75 Å². The molecular weight excluding hydrogens is 325 g/mol. The van der Waals surface area contributed by atoms with Crippen LogP contribution < -0.4 is 10.1 Å². The topological polar surface area (TPSA) is 38.3 Å². The Kier molecular flexibility index (Phi) is 6.10. The van der Waals surface area contributed by atoms with Crippen molar-refractivity contribution in [3.63, 3.8) is 0 Å². The fourth-order valence-corrected chi connectivity index (χ4v) is 2.76. The van der Waals surface area contributed by atoms with Crippen molar-refractivity contribution in [3.8, 4) is 5.75 Å². The molecule has 0 aliphatic heterocycles. The van der Waals surface area contributed by atoms with Crippen LogP contribution in [0, 0.1) is 5.82 Å². The maximum atomic E-state index is 13.6. The van der Waals surface area contributed by atoms with Gasteiger partial charge in [0.1, 0.15) is 11.6 Å². The first-order valence-electron chi connectivity index (χ1n) is 6.54. The number of carbonyl (C=O) groups excluding carboxylic acids is 1. The lowest BCUT2D eigenvalue weighted by molar-refractivity contribution is -0.113. The van der Waals surface area contributed by atoms with Crippen molar-refractivity contribution in [2.75, 3.05) is 18.2 Å². The molecule has 0 heterocycles. The third-order valence-electron chi connectivity index (χ3n) is 2.86. The van der Waals surface area contributed by atoms with Crippen LogP contribution in [-0.2, 0) is 10.5 Å². The molecule has 2 rings (SSSR count). The molecule has 0 aromatic heterocycles. The van der Waals surface area contributed by atoms with Crippen molar-refractivity contribution in [1.29, 1.82) is 0 Å². The highest BCUT2D eigenvalue weighted by molar-refractivity contribution is 7.99. The summed E-state index contributed by atoms with van der Waals surface area (Å²) in [4.78, 5) is 11.9. The molecule has 0 saturated heterocycles. The van der Waals surface area contributed by atoms with Gasteiger partial charge in [-0.3, -0.25) is 4.79 Å². The number of halogens is 2. The van der Waals surface area contributed by atoms with Crippen LogP contribution >= 0.6 is 23.4 Å². The molecule has 2 aromatic rings. The maximum absolute atomic E-state index is 13.6. The summed E-state index contributed by atoms with van der Waals surface area (Å²) in [5.74, 6) is 0.822. The van der Waals surface area contributed by atoms with E-state index in [1.54, 1.807) is 43.5 Å². The minimum atomic E-state index is -0.354. The van der Waals surface area contributed by atoms with E-state index in [4.69, 9.17) is 16.3 Å². The van der Waals surface area contributed by atoms with Crippen LogP contribution in [0.2, 0.25) is 5.02 Å². The summed E-state index contributed by atoms with van der Waals surface area (Å²) in [6.07, 6.45) is 0. The first-order chi connectivity index (χ1) is 10.6. The van der Waals surface area contributed by atoms with Crippen LogP contribution in [0.25, 0.3) is 0 Å². The fraction of sp³-hybridized carbons (Fsp3) is 0.188. The molecule has 22 heavy (non-hydrogen) atoms. The summed E-state index contributed by atoms with van der Waals surface area (Å²) >= 11 is 7.03. The molecule has 0 fully saturated rings. The normalized spacial score (nSPS) is 10.3. The third kappa shape index (κ3) is 4.93. The Hall–Kier alpha value is -1.72. The van der Waals surface area contributed by atoms with Crippen molar-refractivity contribution in [2.24, 2.45) is 0 Å². The highest BCUT2D eigenvalue weighted by Crippen LogP contribution is 2.20. The number of thioether (sulfide) groups is 1. The van der Waals surface area contributed by atoms with E-state index >= 15 is 0 Å². The van der Waals surface area contributed by atoms with Gasteiger partial charge in [-0.1, -0.05) is 23.7 Å². The molecule has 0 radical (unpaired) electrons. The molecule has 0 atom stereocenters. The van der Waals surface area contributed by atoms with E-state index in [0.29, 0.717) is 27.8 Å². The Morgan fingerprint density at radius 1 is 1.32 bits per heavy atom. The first kappa shape index (κ1) is 16.6. The highest BCUT2D eigenvalue weighted by atomic mass is 35.5. The number of benzene rings is 2. The van der Waals surface area contributed by atoms with Gasteiger partial charge in [0.15, 0.2) is 0 Å². The Morgan fingerprint density at radius 2 is 2.14 bits per heavy atom. The minimum absolute atomic E-state index is 0.146. The van der Waals surface area contributed by atoms with Gasteiger partial charge in [0.05, 0.1) is 12.9 Å². The smallest absolute Gasteiger partial charge is 0.234 e. The largest absolute Gasteiger partial charge is 0.497 e. The SMILES string of the molecule is COc1cccc(NC(=O)CSCc2ccc(Cl)cc2F)c1. The predicted molar refractivity (Wildman–Crippen MR) is 89.2 cm³/mol. The molecule has 1 N–H and O–H groups in total. The summed E-state index contributed by atoms with van der Waals surface area (Å²) in [6, 6.07) is 11.7. The van der Waals surface area contributed by atoms with Crippen molar-refractivity contribution in [1.82, 2.24) is 0 Å². The fourth-order valence-electron chi connectivity index (χ4n) is 1.79. The van der Waals surface area contributed by atoms with E-state index < -0.39 is 0 Å². The lowest BCUT2D eigenvalue weighted by atomic mass is 10.2. The third-order valence-corrected chi connectivity index (χ3v) is 4.08. The number of methoxy groups -OCH3 is 1. The van der Waals surface area contributed by atoms with Crippen LogP contribution in [0.3, 0.4) is 0 Å². The van der Waals surface area contributed by atoms with Gasteiger partial charge in [-0.2, -0.15) is 0 Å². The monoisotopic (exact) mass is 339 g/mol. The molecule has 2 aromatic carbocycles. The van der Waals surface area contributed by atoms with E-state index in [0.717, 1.165) is 0 Å². The molecule has 0 bridgehead atoms. The summed E-state index contributed by atoms with van der Waals surface area (Å²) < 4.78 is 18.7. The molecule has 1 amide bonds. The van der Waals surface area contributed by atoms with Crippen LogP contribution in [0.1, 0.15) is 5.56 Å². The number of rotatable bonds is 6. The molecule has 0 saturated carbocycles.